The number of piperidine rings is 1. The molecule has 1 aliphatic rings. The molecule has 0 aliphatic carbocycles. The molecule has 2 atom stereocenters. The highest BCUT2D eigenvalue weighted by atomic mass is 16.1. The third-order valence-corrected chi connectivity index (χ3v) is 2.99. The lowest BCUT2D eigenvalue weighted by Gasteiger charge is -2.35. The van der Waals surface area contributed by atoms with E-state index in [9.17, 15) is 4.79 Å². The summed E-state index contributed by atoms with van der Waals surface area (Å²) in [5.74, 6) is 1.03. The second-order valence-electron chi connectivity index (χ2n) is 4.67. The summed E-state index contributed by atoms with van der Waals surface area (Å²) in [5, 5.41) is 0. The van der Waals surface area contributed by atoms with Crippen molar-refractivity contribution in [1.29, 1.82) is 0 Å². The first-order chi connectivity index (χ1) is 7.58. The van der Waals surface area contributed by atoms with Gasteiger partial charge in [-0.2, -0.15) is 0 Å². The fourth-order valence-electron chi connectivity index (χ4n) is 2.27. The van der Waals surface area contributed by atoms with Crippen LogP contribution in [0.25, 0.3) is 0 Å². The molecule has 0 aromatic carbocycles. The molecule has 1 fully saturated rings. The lowest BCUT2D eigenvalue weighted by atomic mass is 9.97. The Morgan fingerprint density at radius 2 is 2.25 bits per heavy atom. The molecule has 2 rings (SSSR count). The normalized spacial score (nSPS) is 25.8. The van der Waals surface area contributed by atoms with Gasteiger partial charge in [-0.15, -0.1) is 0 Å². The topological polar surface area (TPSA) is 64.2 Å². The molecular formula is C11H18N4O. The average molecular weight is 222 g/mol. The maximum Gasteiger partial charge on any atom is 0.293 e. The zero-order valence-electron chi connectivity index (χ0n) is 9.76. The van der Waals surface area contributed by atoms with E-state index in [2.05, 4.69) is 11.9 Å². The fourth-order valence-corrected chi connectivity index (χ4v) is 2.27. The lowest BCUT2D eigenvalue weighted by molar-refractivity contribution is 0.398. The van der Waals surface area contributed by atoms with Crippen molar-refractivity contribution < 1.29 is 0 Å². The highest BCUT2D eigenvalue weighted by molar-refractivity contribution is 5.36. The maximum absolute atomic E-state index is 11.9. The van der Waals surface area contributed by atoms with E-state index < -0.39 is 0 Å². The molecule has 2 unspecified atom stereocenters. The SMILES string of the molecule is CC1CC(N)CN(c2nccn(C)c2=O)C1. The molecule has 0 amide bonds. The van der Waals surface area contributed by atoms with Crippen LogP contribution in [0.15, 0.2) is 17.2 Å². The van der Waals surface area contributed by atoms with Crippen molar-refractivity contribution in [2.75, 3.05) is 18.0 Å². The fraction of sp³-hybridized carbons (Fsp3) is 0.636. The van der Waals surface area contributed by atoms with Crippen LogP contribution < -0.4 is 16.2 Å². The number of anilines is 1. The summed E-state index contributed by atoms with van der Waals surface area (Å²) in [4.78, 5) is 18.1. The smallest absolute Gasteiger partial charge is 0.293 e. The Labute approximate surface area is 94.9 Å². The van der Waals surface area contributed by atoms with Crippen molar-refractivity contribution in [3.05, 3.63) is 22.7 Å². The van der Waals surface area contributed by atoms with E-state index in [1.165, 1.54) is 0 Å². The molecule has 88 valence electrons. The summed E-state index contributed by atoms with van der Waals surface area (Å²) in [6.07, 6.45) is 4.34. The van der Waals surface area contributed by atoms with Gasteiger partial charge in [0.15, 0.2) is 5.82 Å². The van der Waals surface area contributed by atoms with Gasteiger partial charge in [-0.1, -0.05) is 6.92 Å². The van der Waals surface area contributed by atoms with E-state index in [0.717, 1.165) is 19.5 Å². The van der Waals surface area contributed by atoms with Crippen LogP contribution in [0.1, 0.15) is 13.3 Å². The molecule has 2 heterocycles. The molecule has 5 heteroatoms. The van der Waals surface area contributed by atoms with E-state index in [0.29, 0.717) is 11.7 Å². The van der Waals surface area contributed by atoms with Crippen molar-refractivity contribution in [3.8, 4) is 0 Å². The highest BCUT2D eigenvalue weighted by Gasteiger charge is 2.24. The first-order valence-corrected chi connectivity index (χ1v) is 5.60. The highest BCUT2D eigenvalue weighted by Crippen LogP contribution is 2.17. The summed E-state index contributed by atoms with van der Waals surface area (Å²) in [7, 11) is 1.74. The molecule has 1 aromatic rings. The minimum atomic E-state index is -0.0520. The van der Waals surface area contributed by atoms with Crippen molar-refractivity contribution in [2.45, 2.75) is 19.4 Å². The molecular weight excluding hydrogens is 204 g/mol. The van der Waals surface area contributed by atoms with Gasteiger partial charge < -0.3 is 15.2 Å². The van der Waals surface area contributed by atoms with Crippen LogP contribution >= 0.6 is 0 Å². The molecule has 2 N–H and O–H groups in total. The summed E-state index contributed by atoms with van der Waals surface area (Å²) in [6.45, 7) is 3.73. The molecule has 1 aromatic heterocycles. The number of aromatic nitrogens is 2. The minimum Gasteiger partial charge on any atom is -0.350 e. The largest absolute Gasteiger partial charge is 0.350 e. The average Bonchev–Trinajstić information content (AvgIpc) is 2.20. The lowest BCUT2D eigenvalue weighted by Crippen LogP contribution is -2.48. The maximum atomic E-state index is 11.9. The summed E-state index contributed by atoms with van der Waals surface area (Å²) >= 11 is 0. The van der Waals surface area contributed by atoms with E-state index in [-0.39, 0.29) is 11.6 Å². The van der Waals surface area contributed by atoms with Gasteiger partial charge in [-0.25, -0.2) is 4.98 Å². The predicted molar refractivity (Wildman–Crippen MR) is 63.4 cm³/mol. The quantitative estimate of drug-likeness (QED) is 0.724. The van der Waals surface area contributed by atoms with Crippen LogP contribution in [-0.2, 0) is 7.05 Å². The first kappa shape index (κ1) is 11.1. The van der Waals surface area contributed by atoms with Crippen LogP contribution in [-0.4, -0.2) is 28.7 Å². The Balaban J connectivity index is 2.30. The molecule has 1 saturated heterocycles. The van der Waals surface area contributed by atoms with E-state index in [1.54, 1.807) is 24.0 Å². The number of aryl methyl sites for hydroxylation is 1. The number of nitrogens with two attached hydrogens (primary N) is 1. The van der Waals surface area contributed by atoms with Crippen molar-refractivity contribution in [3.63, 3.8) is 0 Å². The van der Waals surface area contributed by atoms with Crippen molar-refractivity contribution in [2.24, 2.45) is 18.7 Å². The molecule has 16 heavy (non-hydrogen) atoms. The van der Waals surface area contributed by atoms with Gasteiger partial charge in [0.1, 0.15) is 0 Å². The molecule has 0 spiro atoms. The van der Waals surface area contributed by atoms with Crippen LogP contribution in [0.5, 0.6) is 0 Å². The molecule has 1 aliphatic heterocycles. The number of hydrogen-bond donors (Lipinski definition) is 1. The van der Waals surface area contributed by atoms with Gasteiger partial charge in [0, 0.05) is 38.6 Å². The van der Waals surface area contributed by atoms with E-state index in [1.807, 2.05) is 4.90 Å². The first-order valence-electron chi connectivity index (χ1n) is 5.60. The second kappa shape index (κ2) is 4.25. The van der Waals surface area contributed by atoms with Gasteiger partial charge in [-0.3, -0.25) is 4.79 Å². The minimum absolute atomic E-state index is 0.0520. The van der Waals surface area contributed by atoms with Crippen molar-refractivity contribution >= 4 is 5.82 Å². The Bertz CT molecular complexity index is 418. The third kappa shape index (κ3) is 2.09. The van der Waals surface area contributed by atoms with Gasteiger partial charge >= 0.3 is 0 Å². The molecule has 0 radical (unpaired) electrons. The van der Waals surface area contributed by atoms with Gasteiger partial charge in [0.2, 0.25) is 0 Å². The van der Waals surface area contributed by atoms with Crippen LogP contribution in [0, 0.1) is 5.92 Å². The van der Waals surface area contributed by atoms with Crippen LogP contribution in [0.4, 0.5) is 5.82 Å². The van der Waals surface area contributed by atoms with Gasteiger partial charge in [0.25, 0.3) is 5.56 Å². The molecule has 0 saturated carbocycles. The number of nitrogens with zero attached hydrogens (tertiary/aromatic N) is 3. The molecule has 0 bridgehead atoms. The second-order valence-corrected chi connectivity index (χ2v) is 4.67. The number of rotatable bonds is 1. The zero-order chi connectivity index (χ0) is 11.7. The Kier molecular flexibility index (Phi) is 2.96. The number of hydrogen-bond acceptors (Lipinski definition) is 4. The van der Waals surface area contributed by atoms with Crippen LogP contribution in [0.3, 0.4) is 0 Å². The third-order valence-electron chi connectivity index (χ3n) is 2.99. The summed E-state index contributed by atoms with van der Waals surface area (Å²) < 4.78 is 1.55. The van der Waals surface area contributed by atoms with Gasteiger partial charge in [0.05, 0.1) is 0 Å². The van der Waals surface area contributed by atoms with Gasteiger partial charge in [-0.05, 0) is 12.3 Å². The predicted octanol–water partition coefficient (Wildman–Crippen LogP) is -0.0462. The van der Waals surface area contributed by atoms with Crippen LogP contribution in [0.2, 0.25) is 0 Å². The monoisotopic (exact) mass is 222 g/mol. The standard InChI is InChI=1S/C11H18N4O/c1-8-5-9(12)7-15(6-8)10-11(16)14(2)4-3-13-10/h3-4,8-9H,5-7,12H2,1-2H3. The van der Waals surface area contributed by atoms with E-state index in [4.69, 9.17) is 5.73 Å². The Morgan fingerprint density at radius 1 is 1.50 bits per heavy atom. The summed E-state index contributed by atoms with van der Waals surface area (Å²) in [6, 6.07) is 0.135. The Morgan fingerprint density at radius 3 is 2.94 bits per heavy atom. The Hall–Kier alpha value is -1.36. The molecule has 5 nitrogen and oxygen atoms in total. The summed E-state index contributed by atoms with van der Waals surface area (Å²) in [5.41, 5.74) is 5.91. The zero-order valence-corrected chi connectivity index (χ0v) is 9.76. The van der Waals surface area contributed by atoms with Crippen molar-refractivity contribution in [1.82, 2.24) is 9.55 Å². The van der Waals surface area contributed by atoms with E-state index >= 15 is 0 Å².